The predicted octanol–water partition coefficient (Wildman–Crippen LogP) is 2.10. The van der Waals surface area contributed by atoms with E-state index in [9.17, 15) is 14.7 Å². The summed E-state index contributed by atoms with van der Waals surface area (Å²) in [7, 11) is -2.94. The molecule has 1 aliphatic rings. The van der Waals surface area contributed by atoms with Gasteiger partial charge in [-0.15, -0.1) is 0 Å². The molecule has 0 radical (unpaired) electrons. The number of hydrogen-bond acceptors (Lipinski definition) is 5. The number of aromatic amines is 1. The lowest BCUT2D eigenvalue weighted by Gasteiger charge is -2.43. The highest BCUT2D eigenvalue weighted by Gasteiger charge is 2.57. The number of ether oxygens (including phenoxy) is 1. The normalized spacial score (nSPS) is 25.0. The topological polar surface area (TPSA) is 93.5 Å². The average molecular weight is 499 g/mol. The van der Waals surface area contributed by atoms with Gasteiger partial charge in [0.25, 0.3) is 13.9 Å². The van der Waals surface area contributed by atoms with Gasteiger partial charge in [-0.1, -0.05) is 81.4 Å². The summed E-state index contributed by atoms with van der Waals surface area (Å²) in [4.78, 5) is 25.9. The van der Waals surface area contributed by atoms with E-state index in [0.29, 0.717) is 0 Å². The summed E-state index contributed by atoms with van der Waals surface area (Å²) >= 11 is 0. The second-order valence-corrected chi connectivity index (χ2v) is 14.4. The molecule has 2 N–H and O–H groups in total. The molecular formula is C26H31FN2O5Si. The summed E-state index contributed by atoms with van der Waals surface area (Å²) in [6.07, 6.45) is -2.84. The molecule has 2 aromatic carbocycles. The first kappa shape index (κ1) is 25.2. The van der Waals surface area contributed by atoms with Crippen molar-refractivity contribution in [3.05, 3.63) is 93.8 Å². The fraction of sp³-hybridized carbons (Fsp3) is 0.385. The molecule has 0 amide bonds. The summed E-state index contributed by atoms with van der Waals surface area (Å²) in [5, 5.41) is 12.7. The van der Waals surface area contributed by atoms with Crippen molar-refractivity contribution in [2.24, 2.45) is 0 Å². The zero-order valence-electron chi connectivity index (χ0n) is 20.3. The number of aliphatic hydroxyl groups is 1. The number of alkyl halides is 1. The molecule has 4 atom stereocenters. The monoisotopic (exact) mass is 498 g/mol. The molecule has 7 nitrogen and oxygen atoms in total. The molecule has 1 fully saturated rings. The van der Waals surface area contributed by atoms with Gasteiger partial charge in [-0.25, -0.2) is 9.18 Å². The minimum atomic E-state index is -2.94. The smallest absolute Gasteiger partial charge is 0.330 e. The molecule has 0 saturated carbocycles. The van der Waals surface area contributed by atoms with Crippen molar-refractivity contribution in [3.8, 4) is 0 Å². The van der Waals surface area contributed by atoms with Gasteiger partial charge >= 0.3 is 5.69 Å². The van der Waals surface area contributed by atoms with Crippen molar-refractivity contribution in [1.82, 2.24) is 9.55 Å². The third-order valence-electron chi connectivity index (χ3n) is 6.70. The van der Waals surface area contributed by atoms with Crippen LogP contribution in [0.25, 0.3) is 0 Å². The third kappa shape index (κ3) is 4.45. The van der Waals surface area contributed by atoms with Gasteiger partial charge in [0.15, 0.2) is 11.9 Å². The first-order valence-electron chi connectivity index (χ1n) is 11.6. The molecule has 1 aliphatic heterocycles. The van der Waals surface area contributed by atoms with Gasteiger partial charge in [0.05, 0.1) is 6.61 Å². The fourth-order valence-corrected chi connectivity index (χ4v) is 9.50. The number of hydrogen-bond donors (Lipinski definition) is 2. The van der Waals surface area contributed by atoms with Crippen LogP contribution in [-0.2, 0) is 9.16 Å². The van der Waals surface area contributed by atoms with Crippen LogP contribution >= 0.6 is 0 Å². The minimum Gasteiger partial charge on any atom is -0.405 e. The average Bonchev–Trinajstić information content (AvgIpc) is 3.03. The summed E-state index contributed by atoms with van der Waals surface area (Å²) in [6, 6.07) is 21.0. The highest BCUT2D eigenvalue weighted by Crippen LogP contribution is 2.42. The predicted molar refractivity (Wildman–Crippen MR) is 134 cm³/mol. The zero-order chi connectivity index (χ0) is 25.4. The molecule has 4 unspecified atom stereocenters. The van der Waals surface area contributed by atoms with Crippen LogP contribution in [0.5, 0.6) is 0 Å². The van der Waals surface area contributed by atoms with Crippen molar-refractivity contribution in [1.29, 1.82) is 0 Å². The van der Waals surface area contributed by atoms with Crippen molar-refractivity contribution in [2.45, 2.75) is 56.8 Å². The second kappa shape index (κ2) is 9.31. The minimum absolute atomic E-state index is 0.0808. The van der Waals surface area contributed by atoms with Gasteiger partial charge in [0, 0.05) is 12.3 Å². The second-order valence-electron chi connectivity index (χ2n) is 10.1. The Morgan fingerprint density at radius 3 is 2.09 bits per heavy atom. The molecule has 1 saturated heterocycles. The molecular weight excluding hydrogens is 467 g/mol. The Morgan fingerprint density at radius 1 is 1.06 bits per heavy atom. The first-order chi connectivity index (χ1) is 16.5. The van der Waals surface area contributed by atoms with E-state index in [1.165, 1.54) is 13.1 Å². The van der Waals surface area contributed by atoms with Crippen LogP contribution in [0.15, 0.2) is 82.5 Å². The molecule has 0 spiro atoms. The first-order valence-corrected chi connectivity index (χ1v) is 13.5. The number of H-pyrrole nitrogens is 1. The van der Waals surface area contributed by atoms with Crippen molar-refractivity contribution >= 4 is 18.7 Å². The van der Waals surface area contributed by atoms with Gasteiger partial charge in [-0.05, 0) is 22.3 Å². The van der Waals surface area contributed by atoms with E-state index in [1.54, 1.807) is 0 Å². The molecule has 35 heavy (non-hydrogen) atoms. The Kier molecular flexibility index (Phi) is 6.71. The van der Waals surface area contributed by atoms with E-state index in [0.717, 1.165) is 21.0 Å². The molecule has 9 heteroatoms. The maximum Gasteiger partial charge on any atom is 0.330 e. The Morgan fingerprint density at radius 2 is 1.60 bits per heavy atom. The standard InChI is InChI=1S/C26H31FN2O5Si/c1-25(2,3)35(18-11-7-5-8-12-18,19-13-9-6-10-14-19)33-17-20-22(31)26(4,27)23(34-20)29-16-15-21(30)28-24(29)32/h5-16,20,22-23,31H,17H2,1-4H3,(H,28,30,32). The van der Waals surface area contributed by atoms with E-state index in [2.05, 4.69) is 25.8 Å². The highest BCUT2D eigenvalue weighted by atomic mass is 28.4. The van der Waals surface area contributed by atoms with Crippen LogP contribution in [-0.4, -0.2) is 47.5 Å². The number of aromatic nitrogens is 2. The van der Waals surface area contributed by atoms with E-state index in [1.807, 2.05) is 60.7 Å². The van der Waals surface area contributed by atoms with E-state index in [4.69, 9.17) is 9.16 Å². The third-order valence-corrected chi connectivity index (χ3v) is 11.7. The number of nitrogens with zero attached hydrogens (tertiary/aromatic N) is 1. The van der Waals surface area contributed by atoms with Gasteiger partial charge < -0.3 is 14.3 Å². The van der Waals surface area contributed by atoms with Gasteiger partial charge in [0.1, 0.15) is 12.2 Å². The van der Waals surface area contributed by atoms with E-state index < -0.39 is 43.7 Å². The number of rotatable bonds is 6. The Bertz CT molecular complexity index is 1230. The zero-order valence-corrected chi connectivity index (χ0v) is 21.3. The number of aliphatic hydroxyl groups excluding tert-OH is 1. The summed E-state index contributed by atoms with van der Waals surface area (Å²) in [5.41, 5.74) is -3.70. The summed E-state index contributed by atoms with van der Waals surface area (Å²) in [6.45, 7) is 7.46. The molecule has 0 bridgehead atoms. The Hall–Kier alpha value is -2.85. The summed E-state index contributed by atoms with van der Waals surface area (Å²) < 4.78 is 29.3. The molecule has 1 aromatic heterocycles. The summed E-state index contributed by atoms with van der Waals surface area (Å²) in [5.74, 6) is 0. The molecule has 3 aromatic rings. The van der Waals surface area contributed by atoms with Gasteiger partial charge in [0.2, 0.25) is 0 Å². The highest BCUT2D eigenvalue weighted by molar-refractivity contribution is 6.99. The SMILES string of the molecule is CC1(F)C(O)C(CO[Si](c2ccccc2)(c2ccccc2)C(C)(C)C)OC1n1ccc(=O)[nH]c1=O. The molecule has 186 valence electrons. The van der Waals surface area contributed by atoms with Crippen LogP contribution in [0.1, 0.15) is 33.9 Å². The molecule has 2 heterocycles. The number of halogens is 1. The quantitative estimate of drug-likeness (QED) is 0.508. The molecule has 0 aliphatic carbocycles. The Balaban J connectivity index is 1.72. The Labute approximate surface area is 204 Å². The van der Waals surface area contributed by atoms with Crippen molar-refractivity contribution in [3.63, 3.8) is 0 Å². The fourth-order valence-electron chi connectivity index (χ4n) is 4.93. The van der Waals surface area contributed by atoms with Crippen LogP contribution in [0.2, 0.25) is 5.04 Å². The van der Waals surface area contributed by atoms with Crippen LogP contribution in [0, 0.1) is 0 Å². The lowest BCUT2D eigenvalue weighted by molar-refractivity contribution is -0.0594. The molecule has 4 rings (SSSR count). The van der Waals surface area contributed by atoms with Crippen molar-refractivity contribution in [2.75, 3.05) is 6.61 Å². The lowest BCUT2D eigenvalue weighted by Crippen LogP contribution is -2.67. The number of benzene rings is 2. The van der Waals surface area contributed by atoms with Gasteiger partial charge in [-0.3, -0.25) is 14.3 Å². The van der Waals surface area contributed by atoms with E-state index >= 15 is 4.39 Å². The van der Waals surface area contributed by atoms with Crippen LogP contribution in [0.4, 0.5) is 4.39 Å². The maximum absolute atomic E-state index is 15.7. The van der Waals surface area contributed by atoms with Gasteiger partial charge in [-0.2, -0.15) is 0 Å². The van der Waals surface area contributed by atoms with Crippen molar-refractivity contribution < 1.29 is 18.7 Å². The largest absolute Gasteiger partial charge is 0.405 e. The van der Waals surface area contributed by atoms with Crippen LogP contribution < -0.4 is 21.6 Å². The lowest BCUT2D eigenvalue weighted by atomic mass is 9.98. The number of nitrogens with one attached hydrogen (secondary N) is 1. The van der Waals surface area contributed by atoms with E-state index in [-0.39, 0.29) is 11.6 Å². The maximum atomic E-state index is 15.7. The van der Waals surface area contributed by atoms with Crippen LogP contribution in [0.3, 0.4) is 0 Å².